The summed E-state index contributed by atoms with van der Waals surface area (Å²) in [5, 5.41) is 4.11. The Morgan fingerprint density at radius 1 is 1.47 bits per heavy atom. The molecule has 1 aromatic heterocycles. The average molecular weight is 262 g/mol. The third-order valence-corrected chi connectivity index (χ3v) is 3.53. The molecule has 3 rings (SSSR count). The van der Waals surface area contributed by atoms with Gasteiger partial charge in [0.25, 0.3) is 0 Å². The molecule has 0 spiro atoms. The SMILES string of the molecule is COc1ccc(C2CCn3nc(N)nc3C2)cc1F. The Kier molecular flexibility index (Phi) is 2.85. The number of anilines is 1. The molecule has 0 fully saturated rings. The van der Waals surface area contributed by atoms with Gasteiger partial charge in [-0.2, -0.15) is 4.98 Å². The number of nitrogens with zero attached hydrogens (tertiary/aromatic N) is 3. The Hall–Kier alpha value is -2.11. The molecule has 1 aliphatic rings. The molecule has 2 N–H and O–H groups in total. The van der Waals surface area contributed by atoms with Gasteiger partial charge in [-0.25, -0.2) is 9.07 Å². The normalized spacial score (nSPS) is 18.1. The zero-order valence-corrected chi connectivity index (χ0v) is 10.6. The molecule has 5 nitrogen and oxygen atoms in total. The molecule has 6 heteroatoms. The molecule has 1 aliphatic heterocycles. The molecule has 1 aromatic carbocycles. The van der Waals surface area contributed by atoms with Gasteiger partial charge in [-0.15, -0.1) is 5.10 Å². The fraction of sp³-hybridized carbons (Fsp3) is 0.385. The second kappa shape index (κ2) is 4.53. The number of benzene rings is 1. The monoisotopic (exact) mass is 262 g/mol. The summed E-state index contributed by atoms with van der Waals surface area (Å²) in [5.41, 5.74) is 6.55. The molecule has 19 heavy (non-hydrogen) atoms. The second-order valence-corrected chi connectivity index (χ2v) is 4.69. The van der Waals surface area contributed by atoms with Gasteiger partial charge in [0.15, 0.2) is 11.6 Å². The summed E-state index contributed by atoms with van der Waals surface area (Å²) in [7, 11) is 1.46. The van der Waals surface area contributed by atoms with Crippen LogP contribution in [0.1, 0.15) is 23.7 Å². The number of hydrogen-bond acceptors (Lipinski definition) is 4. The van der Waals surface area contributed by atoms with Gasteiger partial charge in [-0.1, -0.05) is 6.07 Å². The Morgan fingerprint density at radius 3 is 3.05 bits per heavy atom. The van der Waals surface area contributed by atoms with Gasteiger partial charge in [0.2, 0.25) is 5.95 Å². The molecule has 0 saturated carbocycles. The fourth-order valence-corrected chi connectivity index (χ4v) is 2.55. The van der Waals surface area contributed by atoms with Crippen LogP contribution < -0.4 is 10.5 Å². The van der Waals surface area contributed by atoms with E-state index >= 15 is 0 Å². The Bertz CT molecular complexity index is 611. The number of aromatic nitrogens is 3. The van der Waals surface area contributed by atoms with Crippen molar-refractivity contribution in [1.29, 1.82) is 0 Å². The summed E-state index contributed by atoms with van der Waals surface area (Å²) < 4.78 is 20.5. The first-order chi connectivity index (χ1) is 9.17. The van der Waals surface area contributed by atoms with Crippen molar-refractivity contribution in [3.8, 4) is 5.75 Å². The van der Waals surface area contributed by atoms with Gasteiger partial charge < -0.3 is 10.5 Å². The number of halogens is 1. The average Bonchev–Trinajstić information content (AvgIpc) is 2.77. The number of rotatable bonds is 2. The van der Waals surface area contributed by atoms with Crippen LogP contribution in [0.15, 0.2) is 18.2 Å². The molecule has 0 amide bonds. The van der Waals surface area contributed by atoms with Crippen molar-refractivity contribution in [1.82, 2.24) is 14.8 Å². The minimum atomic E-state index is -0.327. The van der Waals surface area contributed by atoms with Gasteiger partial charge in [0, 0.05) is 13.0 Å². The van der Waals surface area contributed by atoms with Gasteiger partial charge in [0.1, 0.15) is 5.82 Å². The highest BCUT2D eigenvalue weighted by Crippen LogP contribution is 2.31. The summed E-state index contributed by atoms with van der Waals surface area (Å²) >= 11 is 0. The molecule has 0 saturated heterocycles. The number of nitrogen functional groups attached to an aromatic ring is 1. The molecule has 0 aliphatic carbocycles. The van der Waals surface area contributed by atoms with Gasteiger partial charge in [-0.05, 0) is 30.0 Å². The number of aryl methyl sites for hydroxylation is 1. The third kappa shape index (κ3) is 2.14. The molecule has 2 aromatic rings. The predicted octanol–water partition coefficient (Wildman–Crippen LogP) is 1.74. The minimum Gasteiger partial charge on any atom is -0.494 e. The number of nitrogens with two attached hydrogens (primary N) is 1. The third-order valence-electron chi connectivity index (χ3n) is 3.53. The molecule has 1 atom stereocenters. The van der Waals surface area contributed by atoms with Crippen LogP contribution in [-0.4, -0.2) is 21.9 Å². The van der Waals surface area contributed by atoms with E-state index in [2.05, 4.69) is 10.1 Å². The van der Waals surface area contributed by atoms with Crippen LogP contribution in [0, 0.1) is 5.82 Å². The van der Waals surface area contributed by atoms with Crippen LogP contribution >= 0.6 is 0 Å². The Balaban J connectivity index is 1.86. The summed E-state index contributed by atoms with van der Waals surface area (Å²) in [4.78, 5) is 4.19. The van der Waals surface area contributed by atoms with E-state index in [0.29, 0.717) is 5.95 Å². The lowest BCUT2D eigenvalue weighted by atomic mass is 9.90. The predicted molar refractivity (Wildman–Crippen MR) is 68.4 cm³/mol. The topological polar surface area (TPSA) is 66.0 Å². The van der Waals surface area contributed by atoms with Crippen molar-refractivity contribution in [3.63, 3.8) is 0 Å². The first-order valence-corrected chi connectivity index (χ1v) is 6.20. The van der Waals surface area contributed by atoms with E-state index in [-0.39, 0.29) is 17.5 Å². The first kappa shape index (κ1) is 12.0. The maximum atomic E-state index is 13.7. The second-order valence-electron chi connectivity index (χ2n) is 4.69. The van der Waals surface area contributed by atoms with Gasteiger partial charge in [-0.3, -0.25) is 0 Å². The van der Waals surface area contributed by atoms with E-state index in [1.54, 1.807) is 12.1 Å². The maximum Gasteiger partial charge on any atom is 0.239 e. The summed E-state index contributed by atoms with van der Waals surface area (Å²) in [6.07, 6.45) is 1.64. The standard InChI is InChI=1S/C13H15FN4O/c1-19-11-3-2-8(6-10(11)14)9-4-5-18-12(7-9)16-13(15)17-18/h2-3,6,9H,4-5,7H2,1H3,(H2,15,17). The molecular formula is C13H15FN4O. The van der Waals surface area contributed by atoms with Crippen LogP contribution in [0.4, 0.5) is 10.3 Å². The lowest BCUT2D eigenvalue weighted by molar-refractivity contribution is 0.384. The van der Waals surface area contributed by atoms with E-state index in [1.807, 2.05) is 10.7 Å². The molecule has 100 valence electrons. The number of methoxy groups -OCH3 is 1. The fourth-order valence-electron chi connectivity index (χ4n) is 2.55. The van der Waals surface area contributed by atoms with Crippen molar-refractivity contribution in [2.45, 2.75) is 25.3 Å². The molecule has 0 radical (unpaired) electrons. The van der Waals surface area contributed by atoms with Crippen molar-refractivity contribution in [2.24, 2.45) is 0 Å². The summed E-state index contributed by atoms with van der Waals surface area (Å²) in [6, 6.07) is 5.11. The zero-order chi connectivity index (χ0) is 13.4. The number of fused-ring (bicyclic) bond motifs is 1. The summed E-state index contributed by atoms with van der Waals surface area (Å²) in [5.74, 6) is 1.36. The highest BCUT2D eigenvalue weighted by molar-refractivity contribution is 5.32. The molecular weight excluding hydrogens is 247 g/mol. The van der Waals surface area contributed by atoms with E-state index in [0.717, 1.165) is 30.8 Å². The van der Waals surface area contributed by atoms with E-state index in [4.69, 9.17) is 10.5 Å². The van der Waals surface area contributed by atoms with Crippen LogP contribution in [0.5, 0.6) is 5.75 Å². The lowest BCUT2D eigenvalue weighted by Crippen LogP contribution is -2.19. The van der Waals surface area contributed by atoms with Crippen molar-refractivity contribution >= 4 is 5.95 Å². The van der Waals surface area contributed by atoms with Crippen molar-refractivity contribution < 1.29 is 9.13 Å². The van der Waals surface area contributed by atoms with Crippen LogP contribution in [-0.2, 0) is 13.0 Å². The van der Waals surface area contributed by atoms with Crippen LogP contribution in [0.2, 0.25) is 0 Å². The minimum absolute atomic E-state index is 0.247. The first-order valence-electron chi connectivity index (χ1n) is 6.20. The molecule has 1 unspecified atom stereocenters. The Morgan fingerprint density at radius 2 is 2.32 bits per heavy atom. The van der Waals surface area contributed by atoms with Crippen LogP contribution in [0.25, 0.3) is 0 Å². The van der Waals surface area contributed by atoms with Gasteiger partial charge >= 0.3 is 0 Å². The summed E-state index contributed by atoms with van der Waals surface area (Å²) in [6.45, 7) is 0.762. The largest absolute Gasteiger partial charge is 0.494 e. The molecule has 0 bridgehead atoms. The van der Waals surface area contributed by atoms with Crippen molar-refractivity contribution in [3.05, 3.63) is 35.4 Å². The molecule has 2 heterocycles. The highest BCUT2D eigenvalue weighted by Gasteiger charge is 2.23. The quantitative estimate of drug-likeness (QED) is 0.895. The smallest absolute Gasteiger partial charge is 0.239 e. The number of hydrogen-bond donors (Lipinski definition) is 1. The van der Waals surface area contributed by atoms with Crippen molar-refractivity contribution in [2.75, 3.05) is 12.8 Å². The van der Waals surface area contributed by atoms with E-state index < -0.39 is 0 Å². The maximum absolute atomic E-state index is 13.7. The zero-order valence-electron chi connectivity index (χ0n) is 10.6. The van der Waals surface area contributed by atoms with E-state index in [9.17, 15) is 4.39 Å². The number of ether oxygens (including phenoxy) is 1. The lowest BCUT2D eigenvalue weighted by Gasteiger charge is -2.22. The Labute approximate surface area is 110 Å². The van der Waals surface area contributed by atoms with Crippen LogP contribution in [0.3, 0.4) is 0 Å². The highest BCUT2D eigenvalue weighted by atomic mass is 19.1. The van der Waals surface area contributed by atoms with Gasteiger partial charge in [0.05, 0.1) is 7.11 Å². The van der Waals surface area contributed by atoms with E-state index in [1.165, 1.54) is 7.11 Å².